The number of fused-ring (bicyclic) bond motifs is 1. The van der Waals surface area contributed by atoms with Crippen LogP contribution in [-0.4, -0.2) is 53.7 Å². The lowest BCUT2D eigenvalue weighted by molar-refractivity contribution is -0.0414. The number of H-pyrrole nitrogens is 1. The van der Waals surface area contributed by atoms with E-state index in [1.165, 1.54) is 10.9 Å². The number of hydrogen-bond acceptors (Lipinski definition) is 7. The Hall–Kier alpha value is -2.23. The molecule has 2 heterocycles. The molecule has 9 nitrogen and oxygen atoms in total. The quantitative estimate of drug-likeness (QED) is 0.407. The first-order valence-corrected chi connectivity index (χ1v) is 6.40. The van der Waals surface area contributed by atoms with E-state index in [0.29, 0.717) is 0 Å². The minimum absolute atomic E-state index is 0.0580. The molecule has 0 saturated heterocycles. The Bertz CT molecular complexity index is 752. The van der Waals surface area contributed by atoms with E-state index in [1.807, 2.05) is 0 Å². The van der Waals surface area contributed by atoms with Crippen LogP contribution in [-0.2, 0) is 0 Å². The molecule has 1 aliphatic carbocycles. The average molecular weight is 293 g/mol. The molecule has 1 aliphatic rings. The largest absolute Gasteiger partial charge is 0.396 e. The third kappa shape index (κ3) is 2.11. The van der Waals surface area contributed by atoms with E-state index in [0.717, 1.165) is 0 Å². The summed E-state index contributed by atoms with van der Waals surface area (Å²) in [5, 5.41) is 29.3. The van der Waals surface area contributed by atoms with Gasteiger partial charge >= 0.3 is 0 Å². The zero-order chi connectivity index (χ0) is 15.1. The molecule has 0 aliphatic heterocycles. The lowest BCUT2D eigenvalue weighted by Crippen LogP contribution is -2.42. The number of anilines is 1. The van der Waals surface area contributed by atoms with Gasteiger partial charge in [-0.25, -0.2) is 4.98 Å². The lowest BCUT2D eigenvalue weighted by atomic mass is 9.88. The summed E-state index contributed by atoms with van der Waals surface area (Å²) in [7, 11) is 0. The van der Waals surface area contributed by atoms with Crippen LogP contribution < -0.4 is 11.3 Å². The molecule has 3 rings (SSSR count). The van der Waals surface area contributed by atoms with Gasteiger partial charge in [0.05, 0.1) is 25.1 Å². The maximum atomic E-state index is 11.7. The zero-order valence-electron chi connectivity index (χ0n) is 10.9. The number of rotatable bonds is 2. The fourth-order valence-corrected chi connectivity index (χ4v) is 2.53. The van der Waals surface area contributed by atoms with Gasteiger partial charge in [0.1, 0.15) is 6.10 Å². The first kappa shape index (κ1) is 13.7. The average Bonchev–Trinajstić information content (AvgIpc) is 2.86. The number of hydrogen-bond donors (Lipinski definition) is 5. The SMILES string of the molecule is Nc1nc2c(ncn2[C@H]2C=C[C@@H](CO)[C@H](O)[C@H]2O)c(=O)[nH]1. The molecule has 2 aromatic heterocycles. The summed E-state index contributed by atoms with van der Waals surface area (Å²) in [5.74, 6) is -0.593. The molecule has 4 atom stereocenters. The van der Waals surface area contributed by atoms with E-state index in [4.69, 9.17) is 10.8 Å². The summed E-state index contributed by atoms with van der Waals surface area (Å²) >= 11 is 0. The highest BCUT2D eigenvalue weighted by atomic mass is 16.3. The molecule has 0 saturated carbocycles. The third-order valence-electron chi connectivity index (χ3n) is 3.68. The van der Waals surface area contributed by atoms with Crippen LogP contribution in [0.15, 0.2) is 23.3 Å². The molecule has 9 heteroatoms. The summed E-state index contributed by atoms with van der Waals surface area (Å²) in [4.78, 5) is 22.0. The van der Waals surface area contributed by atoms with E-state index in [1.54, 1.807) is 12.2 Å². The molecule has 0 radical (unpaired) electrons. The summed E-state index contributed by atoms with van der Waals surface area (Å²) in [5.41, 5.74) is 5.37. The van der Waals surface area contributed by atoms with Crippen LogP contribution >= 0.6 is 0 Å². The van der Waals surface area contributed by atoms with Crippen LogP contribution in [0.25, 0.3) is 11.2 Å². The molecule has 21 heavy (non-hydrogen) atoms. The maximum Gasteiger partial charge on any atom is 0.280 e. The van der Waals surface area contributed by atoms with Crippen molar-refractivity contribution >= 4 is 17.1 Å². The van der Waals surface area contributed by atoms with Gasteiger partial charge in [0.25, 0.3) is 5.56 Å². The highest BCUT2D eigenvalue weighted by Crippen LogP contribution is 2.28. The molecule has 112 valence electrons. The number of aliphatic hydroxyl groups excluding tert-OH is 3. The Morgan fingerprint density at radius 3 is 2.81 bits per heavy atom. The van der Waals surface area contributed by atoms with Gasteiger partial charge in [-0.2, -0.15) is 4.98 Å². The number of nitrogens with zero attached hydrogens (tertiary/aromatic N) is 3. The van der Waals surface area contributed by atoms with Gasteiger partial charge in [0.2, 0.25) is 5.95 Å². The van der Waals surface area contributed by atoms with Gasteiger partial charge in [-0.1, -0.05) is 12.2 Å². The van der Waals surface area contributed by atoms with Gasteiger partial charge in [-0.3, -0.25) is 9.78 Å². The molecule has 0 spiro atoms. The smallest absolute Gasteiger partial charge is 0.280 e. The first-order chi connectivity index (χ1) is 10.0. The Labute approximate surface area is 118 Å². The Morgan fingerprint density at radius 2 is 2.10 bits per heavy atom. The predicted octanol–water partition coefficient (Wildman–Crippen LogP) is -1.86. The van der Waals surface area contributed by atoms with Crippen molar-refractivity contribution in [2.75, 3.05) is 12.3 Å². The van der Waals surface area contributed by atoms with Crippen LogP contribution in [0.1, 0.15) is 6.04 Å². The number of nitrogens with one attached hydrogen (secondary N) is 1. The van der Waals surface area contributed by atoms with Gasteiger partial charge in [-0.15, -0.1) is 0 Å². The van der Waals surface area contributed by atoms with E-state index in [9.17, 15) is 15.0 Å². The Balaban J connectivity index is 2.11. The minimum Gasteiger partial charge on any atom is -0.396 e. The number of aromatic nitrogens is 4. The van der Waals surface area contributed by atoms with Crippen molar-refractivity contribution in [1.82, 2.24) is 19.5 Å². The zero-order valence-corrected chi connectivity index (χ0v) is 10.9. The van der Waals surface area contributed by atoms with E-state index in [2.05, 4.69) is 15.0 Å². The normalized spacial score (nSPS) is 29.1. The van der Waals surface area contributed by atoms with E-state index < -0.39 is 29.7 Å². The van der Waals surface area contributed by atoms with Crippen LogP contribution in [0.4, 0.5) is 5.95 Å². The van der Waals surface area contributed by atoms with Gasteiger partial charge in [-0.05, 0) is 0 Å². The second kappa shape index (κ2) is 4.95. The van der Waals surface area contributed by atoms with Crippen molar-refractivity contribution in [3.8, 4) is 0 Å². The second-order valence-corrected chi connectivity index (χ2v) is 4.98. The van der Waals surface area contributed by atoms with Crippen molar-refractivity contribution in [3.05, 3.63) is 28.8 Å². The molecule has 0 bridgehead atoms. The van der Waals surface area contributed by atoms with Crippen molar-refractivity contribution in [2.45, 2.75) is 18.2 Å². The van der Waals surface area contributed by atoms with Crippen molar-refractivity contribution in [2.24, 2.45) is 5.92 Å². The standard InChI is InChI=1S/C12H15N5O4/c13-12-15-10-7(11(21)16-12)14-4-17(10)6-2-1-5(3-18)8(19)9(6)20/h1-2,4-6,8-9,18-20H,3H2,(H3,13,15,16,21)/t5-,6-,8-,9-/m0/s1. The highest BCUT2D eigenvalue weighted by Gasteiger charge is 2.35. The first-order valence-electron chi connectivity index (χ1n) is 6.40. The topological polar surface area (TPSA) is 150 Å². The molecular weight excluding hydrogens is 278 g/mol. The van der Waals surface area contributed by atoms with Crippen LogP contribution in [0.2, 0.25) is 0 Å². The summed E-state index contributed by atoms with van der Waals surface area (Å²) in [6.07, 6.45) is 2.33. The highest BCUT2D eigenvalue weighted by molar-refractivity contribution is 5.70. The number of imidazole rings is 1. The molecular formula is C12H15N5O4. The van der Waals surface area contributed by atoms with Crippen molar-refractivity contribution in [1.29, 1.82) is 0 Å². The third-order valence-corrected chi connectivity index (χ3v) is 3.68. The van der Waals surface area contributed by atoms with E-state index >= 15 is 0 Å². The maximum absolute atomic E-state index is 11.7. The van der Waals surface area contributed by atoms with E-state index in [-0.39, 0.29) is 23.7 Å². The van der Waals surface area contributed by atoms with Crippen molar-refractivity contribution in [3.63, 3.8) is 0 Å². The summed E-state index contributed by atoms with van der Waals surface area (Å²) in [6, 6.07) is -0.651. The van der Waals surface area contributed by atoms with Crippen LogP contribution in [0, 0.1) is 5.92 Å². The van der Waals surface area contributed by atoms with Gasteiger partial charge in [0.15, 0.2) is 11.2 Å². The number of aromatic amines is 1. The Kier molecular flexibility index (Phi) is 3.24. The summed E-state index contributed by atoms with van der Waals surface area (Å²) < 4.78 is 1.47. The number of nitrogen functional groups attached to an aromatic ring is 1. The second-order valence-electron chi connectivity index (χ2n) is 4.98. The number of aliphatic hydroxyl groups is 3. The molecule has 2 aromatic rings. The van der Waals surface area contributed by atoms with Crippen molar-refractivity contribution < 1.29 is 15.3 Å². The molecule has 6 N–H and O–H groups in total. The Morgan fingerprint density at radius 1 is 1.33 bits per heavy atom. The van der Waals surface area contributed by atoms with Crippen LogP contribution in [0.3, 0.4) is 0 Å². The lowest BCUT2D eigenvalue weighted by Gasteiger charge is -2.33. The molecule has 0 amide bonds. The monoisotopic (exact) mass is 293 g/mol. The molecule has 0 fully saturated rings. The van der Waals surface area contributed by atoms with Gasteiger partial charge < -0.3 is 25.6 Å². The fourth-order valence-electron chi connectivity index (χ4n) is 2.53. The fraction of sp³-hybridized carbons (Fsp3) is 0.417. The predicted molar refractivity (Wildman–Crippen MR) is 73.3 cm³/mol. The van der Waals surface area contributed by atoms with Gasteiger partial charge in [0, 0.05) is 5.92 Å². The molecule has 0 aromatic carbocycles. The number of nitrogens with two attached hydrogens (primary N) is 1. The molecule has 0 unspecified atom stereocenters. The minimum atomic E-state index is -1.16. The summed E-state index contributed by atoms with van der Waals surface area (Å²) in [6.45, 7) is -0.267. The van der Waals surface area contributed by atoms with Crippen LogP contribution in [0.5, 0.6) is 0 Å².